The highest BCUT2D eigenvalue weighted by Gasteiger charge is 2.33. The van der Waals surface area contributed by atoms with Gasteiger partial charge in [0.05, 0.1) is 28.8 Å². The lowest BCUT2D eigenvalue weighted by molar-refractivity contribution is -0.274. The van der Waals surface area contributed by atoms with Crippen LogP contribution >= 0.6 is 15.9 Å². The lowest BCUT2D eigenvalue weighted by atomic mass is 10.1. The molecule has 96 valence electrons. The van der Waals surface area contributed by atoms with Crippen molar-refractivity contribution in [2.24, 2.45) is 0 Å². The van der Waals surface area contributed by atoms with Gasteiger partial charge in [-0.1, -0.05) is 0 Å². The van der Waals surface area contributed by atoms with Gasteiger partial charge in [0, 0.05) is 0 Å². The Morgan fingerprint density at radius 1 is 1.44 bits per heavy atom. The molecule has 4 nitrogen and oxygen atoms in total. The molecule has 0 atom stereocenters. The summed E-state index contributed by atoms with van der Waals surface area (Å²) in [5.41, 5.74) is -0.381. The van der Waals surface area contributed by atoms with Crippen LogP contribution in [-0.2, 0) is 4.74 Å². The van der Waals surface area contributed by atoms with Crippen LogP contribution in [0.1, 0.15) is 15.9 Å². The van der Waals surface area contributed by atoms with Crippen LogP contribution in [0.15, 0.2) is 16.6 Å². The maximum Gasteiger partial charge on any atom is 0.573 e. The third-order valence-corrected chi connectivity index (χ3v) is 2.62. The van der Waals surface area contributed by atoms with Gasteiger partial charge in [0.15, 0.2) is 0 Å². The highest BCUT2D eigenvalue weighted by molar-refractivity contribution is 9.10. The van der Waals surface area contributed by atoms with E-state index in [4.69, 9.17) is 5.26 Å². The Bertz CT molecular complexity index is 522. The minimum absolute atomic E-state index is 0.155. The molecule has 1 aromatic carbocycles. The first-order valence-corrected chi connectivity index (χ1v) is 5.15. The molecule has 0 aromatic heterocycles. The van der Waals surface area contributed by atoms with Gasteiger partial charge in [-0.25, -0.2) is 4.79 Å². The molecule has 8 heteroatoms. The molecule has 0 aliphatic heterocycles. The number of benzene rings is 1. The average Bonchev–Trinajstić information content (AvgIpc) is 2.29. The SMILES string of the molecule is COC(=O)c1cc(C#N)cc(OC(F)(F)F)c1Br. The molecule has 0 saturated carbocycles. The standard InChI is InChI=1S/C10H5BrF3NO3/c1-17-9(16)6-2-5(4-15)3-7(8(6)11)18-10(12,13)14/h2-3H,1H3. The molecule has 0 spiro atoms. The van der Waals surface area contributed by atoms with Crippen molar-refractivity contribution in [1.29, 1.82) is 5.26 Å². The van der Waals surface area contributed by atoms with Crippen LogP contribution < -0.4 is 4.74 Å². The number of carbonyl (C=O) groups excluding carboxylic acids is 1. The van der Waals surface area contributed by atoms with Crippen molar-refractivity contribution >= 4 is 21.9 Å². The van der Waals surface area contributed by atoms with E-state index in [1.54, 1.807) is 6.07 Å². The fourth-order valence-corrected chi connectivity index (χ4v) is 1.59. The largest absolute Gasteiger partial charge is 0.573 e. The minimum Gasteiger partial charge on any atom is -0.465 e. The van der Waals surface area contributed by atoms with Gasteiger partial charge in [0.2, 0.25) is 0 Å². The molecule has 0 amide bonds. The molecule has 0 bridgehead atoms. The molecule has 0 aliphatic carbocycles. The van der Waals surface area contributed by atoms with Crippen molar-refractivity contribution in [2.45, 2.75) is 6.36 Å². The number of halogens is 4. The number of methoxy groups -OCH3 is 1. The van der Waals surface area contributed by atoms with Gasteiger partial charge in [-0.05, 0) is 28.1 Å². The van der Waals surface area contributed by atoms with E-state index < -0.39 is 18.1 Å². The number of esters is 1. The Morgan fingerprint density at radius 2 is 2.06 bits per heavy atom. The van der Waals surface area contributed by atoms with Crippen LogP contribution in [0.5, 0.6) is 5.75 Å². The molecule has 1 rings (SSSR count). The van der Waals surface area contributed by atoms with Gasteiger partial charge >= 0.3 is 12.3 Å². The number of hydrogen-bond donors (Lipinski definition) is 0. The number of nitriles is 1. The summed E-state index contributed by atoms with van der Waals surface area (Å²) in [6.45, 7) is 0. The maximum absolute atomic E-state index is 12.1. The molecule has 0 N–H and O–H groups in total. The highest BCUT2D eigenvalue weighted by atomic mass is 79.9. The Balaban J connectivity index is 3.35. The van der Waals surface area contributed by atoms with Crippen LogP contribution in [0.25, 0.3) is 0 Å². The van der Waals surface area contributed by atoms with Crippen LogP contribution in [0, 0.1) is 11.3 Å². The van der Waals surface area contributed by atoms with Crippen molar-refractivity contribution in [3.63, 3.8) is 0 Å². The fourth-order valence-electron chi connectivity index (χ4n) is 1.12. The predicted molar refractivity (Wildman–Crippen MR) is 56.9 cm³/mol. The van der Waals surface area contributed by atoms with Crippen molar-refractivity contribution in [3.8, 4) is 11.8 Å². The molecule has 1 aromatic rings. The van der Waals surface area contributed by atoms with Crippen LogP contribution in [0.4, 0.5) is 13.2 Å². The monoisotopic (exact) mass is 323 g/mol. The summed E-state index contributed by atoms with van der Waals surface area (Å²) in [6.07, 6.45) is -4.93. The summed E-state index contributed by atoms with van der Waals surface area (Å²) in [5.74, 6) is -1.56. The van der Waals surface area contributed by atoms with Gasteiger partial charge < -0.3 is 9.47 Å². The van der Waals surface area contributed by atoms with Crippen molar-refractivity contribution in [1.82, 2.24) is 0 Å². The van der Waals surface area contributed by atoms with Crippen LogP contribution in [0.3, 0.4) is 0 Å². The summed E-state index contributed by atoms with van der Waals surface area (Å²) in [5, 5.41) is 8.68. The lowest BCUT2D eigenvalue weighted by Crippen LogP contribution is -2.18. The van der Waals surface area contributed by atoms with Crippen molar-refractivity contribution < 1.29 is 27.4 Å². The molecule has 0 fully saturated rings. The van der Waals surface area contributed by atoms with E-state index in [0.29, 0.717) is 0 Å². The second-order valence-corrected chi connectivity index (χ2v) is 3.78. The molecular weight excluding hydrogens is 319 g/mol. The molecule has 0 aliphatic rings. The summed E-state index contributed by atoms with van der Waals surface area (Å²) in [4.78, 5) is 11.3. The molecule has 0 radical (unpaired) electrons. The zero-order chi connectivity index (χ0) is 13.9. The summed E-state index contributed by atoms with van der Waals surface area (Å²) in [7, 11) is 1.07. The fraction of sp³-hybridized carbons (Fsp3) is 0.200. The Kier molecular flexibility index (Phi) is 4.19. The topological polar surface area (TPSA) is 59.3 Å². The van der Waals surface area contributed by atoms with E-state index >= 15 is 0 Å². The smallest absolute Gasteiger partial charge is 0.465 e. The van der Waals surface area contributed by atoms with E-state index in [1.165, 1.54) is 0 Å². The first-order valence-electron chi connectivity index (χ1n) is 4.36. The summed E-state index contributed by atoms with van der Waals surface area (Å²) < 4.78 is 44.2. The van der Waals surface area contributed by atoms with Gasteiger partial charge in [-0.15, -0.1) is 13.2 Å². The molecular formula is C10H5BrF3NO3. The number of carbonyl (C=O) groups is 1. The minimum atomic E-state index is -4.93. The maximum atomic E-state index is 12.1. The van der Waals surface area contributed by atoms with E-state index in [1.807, 2.05) is 0 Å². The van der Waals surface area contributed by atoms with E-state index in [-0.39, 0.29) is 15.6 Å². The first-order chi connectivity index (χ1) is 8.28. The number of hydrogen-bond acceptors (Lipinski definition) is 4. The van der Waals surface area contributed by atoms with E-state index in [0.717, 1.165) is 19.2 Å². The zero-order valence-electron chi connectivity index (χ0n) is 8.84. The second kappa shape index (κ2) is 5.27. The Labute approximate surface area is 108 Å². The van der Waals surface area contributed by atoms with E-state index in [2.05, 4.69) is 25.4 Å². The van der Waals surface area contributed by atoms with Crippen molar-refractivity contribution in [2.75, 3.05) is 7.11 Å². The molecule has 0 unspecified atom stereocenters. The second-order valence-electron chi connectivity index (χ2n) is 2.99. The van der Waals surface area contributed by atoms with Crippen LogP contribution in [-0.4, -0.2) is 19.4 Å². The Morgan fingerprint density at radius 3 is 2.50 bits per heavy atom. The summed E-state index contributed by atoms with van der Waals surface area (Å²) in [6, 6.07) is 3.59. The quantitative estimate of drug-likeness (QED) is 0.785. The van der Waals surface area contributed by atoms with E-state index in [9.17, 15) is 18.0 Å². The van der Waals surface area contributed by atoms with Gasteiger partial charge in [-0.2, -0.15) is 5.26 Å². The van der Waals surface area contributed by atoms with Crippen LogP contribution in [0.2, 0.25) is 0 Å². The van der Waals surface area contributed by atoms with Crippen molar-refractivity contribution in [3.05, 3.63) is 27.7 Å². The molecule has 0 saturated heterocycles. The number of nitrogens with zero attached hydrogens (tertiary/aromatic N) is 1. The lowest BCUT2D eigenvalue weighted by Gasteiger charge is -2.12. The van der Waals surface area contributed by atoms with Gasteiger partial charge in [-0.3, -0.25) is 0 Å². The van der Waals surface area contributed by atoms with Gasteiger partial charge in [0.1, 0.15) is 5.75 Å². The number of alkyl halides is 3. The zero-order valence-corrected chi connectivity index (χ0v) is 10.4. The third kappa shape index (κ3) is 3.37. The predicted octanol–water partition coefficient (Wildman–Crippen LogP) is 3.01. The highest BCUT2D eigenvalue weighted by Crippen LogP contribution is 2.34. The Hall–Kier alpha value is -1.75. The number of rotatable bonds is 2. The molecule has 0 heterocycles. The third-order valence-electron chi connectivity index (χ3n) is 1.80. The summed E-state index contributed by atoms with van der Waals surface area (Å²) >= 11 is 2.80. The number of ether oxygens (including phenoxy) is 2. The van der Waals surface area contributed by atoms with Gasteiger partial charge in [0.25, 0.3) is 0 Å². The molecule has 18 heavy (non-hydrogen) atoms. The normalized spacial score (nSPS) is 10.7. The average molecular weight is 324 g/mol. The first kappa shape index (κ1) is 14.3.